The summed E-state index contributed by atoms with van der Waals surface area (Å²) in [4.78, 5) is 13.2. The highest BCUT2D eigenvalue weighted by Gasteiger charge is 2.53. The number of cyclic esters (lactones) is 1. The van der Waals surface area contributed by atoms with Gasteiger partial charge in [-0.25, -0.2) is 4.79 Å². The van der Waals surface area contributed by atoms with Gasteiger partial charge in [0.1, 0.15) is 6.61 Å². The van der Waals surface area contributed by atoms with Crippen LogP contribution in [0, 0.1) is 0 Å². The third-order valence-corrected chi connectivity index (χ3v) is 7.66. The number of rotatable bonds is 4. The third kappa shape index (κ3) is 3.19. The summed E-state index contributed by atoms with van der Waals surface area (Å²) in [6, 6.07) is 9.44. The third-order valence-electron chi connectivity index (χ3n) is 7.66. The van der Waals surface area contributed by atoms with Crippen molar-refractivity contribution in [1.29, 1.82) is 0 Å². The molecular weight excluding hydrogens is 463 g/mol. The Labute approximate surface area is 209 Å². The zero-order valence-corrected chi connectivity index (χ0v) is 21.1. The predicted molar refractivity (Wildman–Crippen MR) is 133 cm³/mol. The largest absolute Gasteiger partial charge is 0.495 e. The quantitative estimate of drug-likeness (QED) is 0.397. The molecule has 36 heavy (non-hydrogen) atoms. The summed E-state index contributed by atoms with van der Waals surface area (Å²) >= 11 is 0. The van der Waals surface area contributed by atoms with Crippen molar-refractivity contribution >= 4 is 29.3 Å². The van der Waals surface area contributed by atoms with Crippen LogP contribution in [0.2, 0.25) is 0 Å². The molecule has 8 nitrogen and oxygen atoms in total. The lowest BCUT2D eigenvalue weighted by Crippen LogP contribution is -2.41. The van der Waals surface area contributed by atoms with Crippen molar-refractivity contribution in [3.05, 3.63) is 41.5 Å². The molecule has 0 atom stereocenters. The number of benzene rings is 3. The molecule has 0 aromatic heterocycles. The minimum Gasteiger partial charge on any atom is -0.493 e. The Balaban J connectivity index is 1.70. The molecular formula is C27H27BO8. The van der Waals surface area contributed by atoms with E-state index < -0.39 is 24.3 Å². The Morgan fingerprint density at radius 2 is 1.44 bits per heavy atom. The Morgan fingerprint density at radius 3 is 2.11 bits per heavy atom. The van der Waals surface area contributed by atoms with Crippen LogP contribution in [0.3, 0.4) is 0 Å². The molecule has 1 fully saturated rings. The molecule has 1 saturated heterocycles. The van der Waals surface area contributed by atoms with Crippen LogP contribution in [0.15, 0.2) is 30.3 Å². The minimum absolute atomic E-state index is 0.120. The molecule has 0 aliphatic carbocycles. The maximum Gasteiger partial charge on any atom is 0.495 e. The number of esters is 1. The normalized spacial score (nSPS) is 18.9. The summed E-state index contributed by atoms with van der Waals surface area (Å²) in [6.45, 7) is 8.29. The van der Waals surface area contributed by atoms with Gasteiger partial charge in [0, 0.05) is 11.1 Å². The number of methoxy groups -OCH3 is 2. The van der Waals surface area contributed by atoms with E-state index in [9.17, 15) is 4.79 Å². The summed E-state index contributed by atoms with van der Waals surface area (Å²) in [5.74, 6) is 1.99. The van der Waals surface area contributed by atoms with Crippen molar-refractivity contribution in [2.24, 2.45) is 0 Å². The van der Waals surface area contributed by atoms with E-state index in [0.717, 1.165) is 32.9 Å². The molecule has 9 heteroatoms. The minimum atomic E-state index is -0.704. The van der Waals surface area contributed by atoms with E-state index in [1.807, 2.05) is 58.0 Å². The van der Waals surface area contributed by atoms with E-state index >= 15 is 0 Å². The molecule has 0 saturated carbocycles. The van der Waals surface area contributed by atoms with Gasteiger partial charge in [-0.15, -0.1) is 0 Å². The highest BCUT2D eigenvalue weighted by Crippen LogP contribution is 2.46. The average molecular weight is 490 g/mol. The van der Waals surface area contributed by atoms with Gasteiger partial charge in [0.05, 0.1) is 31.0 Å². The Hall–Kier alpha value is -3.43. The molecule has 3 aromatic carbocycles. The highest BCUT2D eigenvalue weighted by atomic mass is 16.7. The maximum atomic E-state index is 13.2. The number of carbonyl (C=O) groups excluding carboxylic acids is 1. The van der Waals surface area contributed by atoms with Crippen LogP contribution in [-0.2, 0) is 20.7 Å². The van der Waals surface area contributed by atoms with E-state index in [2.05, 4.69) is 0 Å². The van der Waals surface area contributed by atoms with Crippen LogP contribution in [0.25, 0.3) is 21.9 Å². The summed E-state index contributed by atoms with van der Waals surface area (Å²) in [5.41, 5.74) is 2.38. The first-order valence-electron chi connectivity index (χ1n) is 11.8. The molecule has 0 radical (unpaired) electrons. The van der Waals surface area contributed by atoms with Crippen molar-refractivity contribution in [1.82, 2.24) is 0 Å². The Kier molecular flexibility index (Phi) is 4.97. The predicted octanol–water partition coefficient (Wildman–Crippen LogP) is 4.22. The number of fused-ring (bicyclic) bond motifs is 3. The van der Waals surface area contributed by atoms with Gasteiger partial charge < -0.3 is 33.0 Å². The maximum absolute atomic E-state index is 13.2. The van der Waals surface area contributed by atoms with E-state index in [1.165, 1.54) is 0 Å². The zero-order valence-electron chi connectivity index (χ0n) is 21.1. The van der Waals surface area contributed by atoms with E-state index in [0.29, 0.717) is 28.6 Å². The Morgan fingerprint density at radius 1 is 0.806 bits per heavy atom. The summed E-state index contributed by atoms with van der Waals surface area (Å²) in [6.07, 6.45) is 0. The van der Waals surface area contributed by atoms with Gasteiger partial charge in [0.15, 0.2) is 23.0 Å². The first-order chi connectivity index (χ1) is 17.1. The summed E-state index contributed by atoms with van der Waals surface area (Å²) in [5, 5.41) is 1.62. The van der Waals surface area contributed by atoms with E-state index in [-0.39, 0.29) is 13.4 Å². The van der Waals surface area contributed by atoms with Crippen molar-refractivity contribution in [3.63, 3.8) is 0 Å². The lowest BCUT2D eigenvalue weighted by Gasteiger charge is -2.32. The molecule has 186 valence electrons. The first-order valence-corrected chi connectivity index (χ1v) is 11.8. The molecule has 0 unspecified atom stereocenters. The zero-order chi connectivity index (χ0) is 25.4. The van der Waals surface area contributed by atoms with Crippen molar-refractivity contribution in [3.8, 4) is 34.1 Å². The van der Waals surface area contributed by atoms with Crippen LogP contribution in [0.4, 0.5) is 0 Å². The lowest BCUT2D eigenvalue weighted by molar-refractivity contribution is 0.00578. The van der Waals surface area contributed by atoms with E-state index in [4.69, 9.17) is 33.0 Å². The summed E-state index contributed by atoms with van der Waals surface area (Å²) in [7, 11) is 2.47. The second-order valence-electron chi connectivity index (χ2n) is 10.1. The molecule has 0 spiro atoms. The smallest absolute Gasteiger partial charge is 0.493 e. The molecule has 3 heterocycles. The SMILES string of the molecule is COc1cc2c(B3OC(C)(C)C(C)(C)O3)c3c(c(-c4ccc5c(c4)OCO5)c2cc1OC)C(=O)OC3. The highest BCUT2D eigenvalue weighted by molar-refractivity contribution is 6.66. The van der Waals surface area contributed by atoms with Crippen LogP contribution in [0.1, 0.15) is 43.6 Å². The fourth-order valence-electron chi connectivity index (χ4n) is 5.06. The van der Waals surface area contributed by atoms with Gasteiger partial charge in [-0.1, -0.05) is 6.07 Å². The molecule has 0 N–H and O–H groups in total. The van der Waals surface area contributed by atoms with Crippen LogP contribution < -0.4 is 24.4 Å². The van der Waals surface area contributed by atoms with Gasteiger partial charge in [-0.3, -0.25) is 0 Å². The number of carbonyl (C=O) groups is 1. The number of ether oxygens (including phenoxy) is 5. The van der Waals surface area contributed by atoms with Gasteiger partial charge in [-0.2, -0.15) is 0 Å². The first kappa shape index (κ1) is 23.0. The standard InChI is InChI=1S/C27H27BO8/c1-26(2)27(3,4)36-28(35-26)24-16-11-20(31-6)19(30-5)10-15(16)22(23-17(24)12-32-25(23)29)14-7-8-18-21(9-14)34-13-33-18/h7-11H,12-13H2,1-6H3. The second-order valence-corrected chi connectivity index (χ2v) is 10.1. The fraction of sp³-hybridized carbons (Fsp3) is 0.370. The van der Waals surface area contributed by atoms with Gasteiger partial charge in [-0.05, 0) is 73.8 Å². The molecule has 3 aromatic rings. The van der Waals surface area contributed by atoms with Crippen molar-refractivity contribution in [2.45, 2.75) is 45.5 Å². The fourth-order valence-corrected chi connectivity index (χ4v) is 5.06. The molecule has 3 aliphatic heterocycles. The number of hydrogen-bond donors (Lipinski definition) is 0. The van der Waals surface area contributed by atoms with E-state index in [1.54, 1.807) is 14.2 Å². The number of hydrogen-bond acceptors (Lipinski definition) is 8. The lowest BCUT2D eigenvalue weighted by atomic mass is 9.70. The topological polar surface area (TPSA) is 81.7 Å². The van der Waals surface area contributed by atoms with Gasteiger partial charge >= 0.3 is 13.1 Å². The monoisotopic (exact) mass is 490 g/mol. The van der Waals surface area contributed by atoms with Crippen LogP contribution in [-0.4, -0.2) is 45.3 Å². The average Bonchev–Trinajstić information content (AvgIpc) is 3.52. The Bertz CT molecular complexity index is 1410. The molecule has 0 bridgehead atoms. The van der Waals surface area contributed by atoms with Crippen LogP contribution >= 0.6 is 0 Å². The molecule has 3 aliphatic rings. The molecule has 6 rings (SSSR count). The van der Waals surface area contributed by atoms with Crippen molar-refractivity contribution in [2.75, 3.05) is 21.0 Å². The van der Waals surface area contributed by atoms with Gasteiger partial charge in [0.25, 0.3) is 0 Å². The van der Waals surface area contributed by atoms with Gasteiger partial charge in [0.2, 0.25) is 6.79 Å². The van der Waals surface area contributed by atoms with Crippen LogP contribution in [0.5, 0.6) is 23.0 Å². The summed E-state index contributed by atoms with van der Waals surface area (Å²) < 4.78 is 40.9. The molecule has 0 amide bonds. The van der Waals surface area contributed by atoms with Crippen molar-refractivity contribution < 1.29 is 37.8 Å². The second kappa shape index (κ2) is 7.79.